The molecule has 1 aromatic rings. The Bertz CT molecular complexity index is 500. The fourth-order valence-electron chi connectivity index (χ4n) is 2.56. The highest BCUT2D eigenvalue weighted by Crippen LogP contribution is 2.50. The van der Waals surface area contributed by atoms with Crippen LogP contribution in [-0.2, 0) is 5.41 Å². The maximum absolute atomic E-state index is 5.51. The topological polar surface area (TPSA) is 45.7 Å². The number of hydrogen-bond donors (Lipinski definition) is 2. The number of rotatable bonds is 6. The molecule has 0 aromatic heterocycles. The summed E-state index contributed by atoms with van der Waals surface area (Å²) in [5.41, 5.74) is 1.50. The number of ether oxygens (including phenoxy) is 1. The van der Waals surface area contributed by atoms with Gasteiger partial charge in [-0.3, -0.25) is 4.99 Å². The maximum atomic E-state index is 5.51. The number of nitrogens with one attached hydrogen (secondary N) is 2. The second kappa shape index (κ2) is 8.60. The number of halogens is 1. The average molecular weight is 417 g/mol. The molecule has 1 unspecified atom stereocenters. The number of hydrogen-bond acceptors (Lipinski definition) is 2. The standard InChI is InChI=1S/C17H27N3O.HI/c1-5-13(2)20-16(18-3)19-12-17(10-11-17)14-8-6-7-9-15(14)21-4;/h6-9,13H,5,10-12H2,1-4H3,(H2,18,19,20);1H. The maximum Gasteiger partial charge on any atom is 0.191 e. The van der Waals surface area contributed by atoms with Gasteiger partial charge in [-0.1, -0.05) is 25.1 Å². The first-order valence-corrected chi connectivity index (χ1v) is 7.76. The molecule has 0 radical (unpaired) electrons. The lowest BCUT2D eigenvalue weighted by Crippen LogP contribution is -2.44. The zero-order valence-corrected chi connectivity index (χ0v) is 16.3. The van der Waals surface area contributed by atoms with Crippen molar-refractivity contribution in [3.63, 3.8) is 0 Å². The first-order valence-electron chi connectivity index (χ1n) is 7.76. The van der Waals surface area contributed by atoms with E-state index in [1.54, 1.807) is 7.11 Å². The van der Waals surface area contributed by atoms with Gasteiger partial charge in [0, 0.05) is 30.6 Å². The van der Waals surface area contributed by atoms with Crippen molar-refractivity contribution in [1.82, 2.24) is 10.6 Å². The van der Waals surface area contributed by atoms with Crippen LogP contribution in [0.3, 0.4) is 0 Å². The Morgan fingerprint density at radius 2 is 2.05 bits per heavy atom. The predicted molar refractivity (Wildman–Crippen MR) is 104 cm³/mol. The molecule has 4 nitrogen and oxygen atoms in total. The molecule has 2 rings (SSSR count). The van der Waals surface area contributed by atoms with Gasteiger partial charge in [0.25, 0.3) is 0 Å². The van der Waals surface area contributed by atoms with Crippen molar-refractivity contribution in [2.24, 2.45) is 4.99 Å². The van der Waals surface area contributed by atoms with Crippen LogP contribution in [0.4, 0.5) is 0 Å². The molecule has 0 aliphatic heterocycles. The SMILES string of the molecule is CCC(C)NC(=NC)NCC1(c2ccccc2OC)CC1.I. The summed E-state index contributed by atoms with van der Waals surface area (Å²) >= 11 is 0. The molecular weight excluding hydrogens is 389 g/mol. The number of guanidine groups is 1. The lowest BCUT2D eigenvalue weighted by molar-refractivity contribution is 0.403. The minimum atomic E-state index is 0. The van der Waals surface area contributed by atoms with Crippen LogP contribution in [0.25, 0.3) is 0 Å². The molecule has 1 fully saturated rings. The van der Waals surface area contributed by atoms with Gasteiger partial charge in [-0.05, 0) is 32.3 Å². The van der Waals surface area contributed by atoms with Gasteiger partial charge in [0.15, 0.2) is 5.96 Å². The molecule has 2 N–H and O–H groups in total. The molecule has 1 aromatic carbocycles. The summed E-state index contributed by atoms with van der Waals surface area (Å²) in [7, 11) is 3.56. The van der Waals surface area contributed by atoms with Crippen molar-refractivity contribution in [3.05, 3.63) is 29.8 Å². The largest absolute Gasteiger partial charge is 0.496 e. The van der Waals surface area contributed by atoms with Crippen molar-refractivity contribution < 1.29 is 4.74 Å². The Morgan fingerprint density at radius 1 is 1.36 bits per heavy atom. The number of para-hydroxylation sites is 1. The van der Waals surface area contributed by atoms with Crippen LogP contribution in [0.5, 0.6) is 5.75 Å². The van der Waals surface area contributed by atoms with E-state index in [2.05, 4.69) is 41.6 Å². The summed E-state index contributed by atoms with van der Waals surface area (Å²) in [5.74, 6) is 1.87. The van der Waals surface area contributed by atoms with Crippen molar-refractivity contribution in [1.29, 1.82) is 0 Å². The molecule has 0 saturated heterocycles. The van der Waals surface area contributed by atoms with E-state index >= 15 is 0 Å². The lowest BCUT2D eigenvalue weighted by Gasteiger charge is -2.22. The van der Waals surface area contributed by atoms with E-state index in [-0.39, 0.29) is 29.4 Å². The van der Waals surface area contributed by atoms with Crippen LogP contribution < -0.4 is 15.4 Å². The van der Waals surface area contributed by atoms with Crippen LogP contribution in [0, 0.1) is 0 Å². The Kier molecular flexibility index (Phi) is 7.45. The van der Waals surface area contributed by atoms with Crippen LogP contribution >= 0.6 is 24.0 Å². The van der Waals surface area contributed by atoms with Gasteiger partial charge in [-0.15, -0.1) is 24.0 Å². The molecule has 1 aliphatic rings. The van der Waals surface area contributed by atoms with Crippen LogP contribution in [-0.4, -0.2) is 32.7 Å². The van der Waals surface area contributed by atoms with Gasteiger partial charge >= 0.3 is 0 Å². The predicted octanol–water partition coefficient (Wildman–Crippen LogP) is 3.31. The normalized spacial score (nSPS) is 17.2. The van der Waals surface area contributed by atoms with Gasteiger partial charge in [0.05, 0.1) is 7.11 Å². The molecule has 1 atom stereocenters. The highest BCUT2D eigenvalue weighted by Gasteiger charge is 2.46. The lowest BCUT2D eigenvalue weighted by atomic mass is 9.95. The molecule has 1 aliphatic carbocycles. The van der Waals surface area contributed by atoms with Gasteiger partial charge < -0.3 is 15.4 Å². The minimum Gasteiger partial charge on any atom is -0.496 e. The quantitative estimate of drug-likeness (QED) is 0.424. The van der Waals surface area contributed by atoms with Gasteiger partial charge in [-0.2, -0.15) is 0 Å². The van der Waals surface area contributed by atoms with E-state index in [9.17, 15) is 0 Å². The fourth-order valence-corrected chi connectivity index (χ4v) is 2.56. The molecule has 0 heterocycles. The summed E-state index contributed by atoms with van der Waals surface area (Å²) in [6.07, 6.45) is 3.47. The summed E-state index contributed by atoms with van der Waals surface area (Å²) in [4.78, 5) is 4.31. The average Bonchev–Trinajstić information content (AvgIpc) is 3.32. The van der Waals surface area contributed by atoms with E-state index in [4.69, 9.17) is 4.74 Å². The Balaban J connectivity index is 0.00000242. The number of methoxy groups -OCH3 is 1. The van der Waals surface area contributed by atoms with E-state index in [0.717, 1.165) is 24.7 Å². The second-order valence-corrected chi connectivity index (χ2v) is 5.86. The monoisotopic (exact) mass is 417 g/mol. The van der Waals surface area contributed by atoms with Crippen molar-refractivity contribution in [2.45, 2.75) is 44.6 Å². The third-order valence-corrected chi connectivity index (χ3v) is 4.35. The van der Waals surface area contributed by atoms with Crippen molar-refractivity contribution in [3.8, 4) is 5.75 Å². The van der Waals surface area contributed by atoms with Gasteiger partial charge in [0.1, 0.15) is 5.75 Å². The van der Waals surface area contributed by atoms with E-state index < -0.39 is 0 Å². The third kappa shape index (κ3) is 4.51. The van der Waals surface area contributed by atoms with Gasteiger partial charge in [0.2, 0.25) is 0 Å². The van der Waals surface area contributed by atoms with Crippen molar-refractivity contribution >= 4 is 29.9 Å². The summed E-state index contributed by atoms with van der Waals surface area (Å²) in [5, 5.41) is 6.87. The Morgan fingerprint density at radius 3 is 2.59 bits per heavy atom. The first kappa shape index (κ1) is 19.1. The molecule has 5 heteroatoms. The number of aliphatic imine (C=N–C) groups is 1. The first-order chi connectivity index (χ1) is 10.1. The molecule has 124 valence electrons. The molecule has 0 spiro atoms. The second-order valence-electron chi connectivity index (χ2n) is 5.86. The minimum absolute atomic E-state index is 0. The molecular formula is C17H28IN3O. The smallest absolute Gasteiger partial charge is 0.191 e. The number of benzene rings is 1. The highest BCUT2D eigenvalue weighted by molar-refractivity contribution is 14.0. The van der Waals surface area contributed by atoms with Crippen LogP contribution in [0.2, 0.25) is 0 Å². The number of nitrogens with zero attached hydrogens (tertiary/aromatic N) is 1. The van der Waals surface area contributed by atoms with Gasteiger partial charge in [-0.25, -0.2) is 0 Å². The van der Waals surface area contributed by atoms with E-state index in [1.807, 2.05) is 19.2 Å². The third-order valence-electron chi connectivity index (χ3n) is 4.35. The molecule has 22 heavy (non-hydrogen) atoms. The Hall–Kier alpha value is -0.980. The van der Waals surface area contributed by atoms with Crippen LogP contribution in [0.15, 0.2) is 29.3 Å². The summed E-state index contributed by atoms with van der Waals surface area (Å²) in [6.45, 7) is 5.23. The van der Waals surface area contributed by atoms with E-state index in [0.29, 0.717) is 6.04 Å². The highest BCUT2D eigenvalue weighted by atomic mass is 127. The zero-order valence-electron chi connectivity index (χ0n) is 14.0. The van der Waals surface area contributed by atoms with Crippen LogP contribution in [0.1, 0.15) is 38.7 Å². The summed E-state index contributed by atoms with van der Waals surface area (Å²) < 4.78 is 5.51. The Labute approximate surface area is 151 Å². The molecule has 1 saturated carbocycles. The summed E-state index contributed by atoms with van der Waals surface area (Å²) in [6, 6.07) is 8.76. The molecule has 0 bridgehead atoms. The fraction of sp³-hybridized carbons (Fsp3) is 0.588. The molecule has 0 amide bonds. The van der Waals surface area contributed by atoms with Crippen molar-refractivity contribution in [2.75, 3.05) is 20.7 Å². The van der Waals surface area contributed by atoms with E-state index in [1.165, 1.54) is 18.4 Å². The zero-order chi connectivity index (χ0) is 15.3.